The number of imidazole rings is 1. The highest BCUT2D eigenvalue weighted by Crippen LogP contribution is 2.31. The molecule has 13 heteroatoms. The van der Waals surface area contributed by atoms with Crippen LogP contribution < -0.4 is 22.2 Å². The summed E-state index contributed by atoms with van der Waals surface area (Å²) < 4.78 is 5.47. The highest BCUT2D eigenvalue weighted by atomic mass is 32.1. The average Bonchev–Trinajstić information content (AvgIpc) is 3.10. The fourth-order valence-corrected chi connectivity index (χ4v) is 4.45. The van der Waals surface area contributed by atoms with Gasteiger partial charge in [-0.1, -0.05) is 19.3 Å². The zero-order chi connectivity index (χ0) is 23.2. The van der Waals surface area contributed by atoms with Crippen LogP contribution in [0.5, 0.6) is 5.88 Å². The zero-order valence-corrected chi connectivity index (χ0v) is 18.8. The van der Waals surface area contributed by atoms with E-state index in [4.69, 9.17) is 12.2 Å². The maximum atomic E-state index is 12.5. The topological polar surface area (TPSA) is 144 Å². The minimum atomic E-state index is -0.564. The van der Waals surface area contributed by atoms with E-state index in [1.54, 1.807) is 11.6 Å². The second-order valence-corrected chi connectivity index (χ2v) is 8.29. The van der Waals surface area contributed by atoms with E-state index in [0.717, 1.165) is 36.7 Å². The molecule has 32 heavy (non-hydrogen) atoms. The maximum absolute atomic E-state index is 12.5. The van der Waals surface area contributed by atoms with Crippen molar-refractivity contribution in [2.24, 2.45) is 26.2 Å². The van der Waals surface area contributed by atoms with Gasteiger partial charge in [0.1, 0.15) is 5.56 Å². The van der Waals surface area contributed by atoms with E-state index in [1.807, 2.05) is 0 Å². The van der Waals surface area contributed by atoms with Gasteiger partial charge in [-0.25, -0.2) is 10.2 Å². The van der Waals surface area contributed by atoms with Crippen molar-refractivity contribution < 1.29 is 5.11 Å². The number of rotatable bonds is 4. The van der Waals surface area contributed by atoms with Crippen LogP contribution in [0.25, 0.3) is 11.2 Å². The van der Waals surface area contributed by atoms with Gasteiger partial charge < -0.3 is 9.67 Å². The molecule has 0 radical (unpaired) electrons. The third-order valence-electron chi connectivity index (χ3n) is 5.93. The Morgan fingerprint density at radius 3 is 2.50 bits per heavy atom. The van der Waals surface area contributed by atoms with Crippen molar-refractivity contribution in [2.45, 2.75) is 38.1 Å². The Bertz CT molecular complexity index is 1470. The van der Waals surface area contributed by atoms with Gasteiger partial charge in [-0.3, -0.25) is 28.3 Å². The highest BCUT2D eigenvalue weighted by molar-refractivity contribution is 7.71. The Labute approximate surface area is 186 Å². The van der Waals surface area contributed by atoms with Crippen LogP contribution in [0.2, 0.25) is 0 Å². The van der Waals surface area contributed by atoms with Gasteiger partial charge in [-0.05, 0) is 25.1 Å². The van der Waals surface area contributed by atoms with Gasteiger partial charge in [0.2, 0.25) is 11.8 Å². The number of hydrazone groups is 1. The molecule has 170 valence electrons. The molecule has 3 N–H and O–H groups in total. The maximum Gasteiger partial charge on any atom is 0.332 e. The van der Waals surface area contributed by atoms with Crippen LogP contribution in [0, 0.1) is 4.77 Å². The van der Waals surface area contributed by atoms with Gasteiger partial charge in [-0.15, -0.1) is 0 Å². The fraction of sp³-hybridized carbons (Fsp3) is 0.474. The van der Waals surface area contributed by atoms with Crippen LogP contribution in [0.4, 0.5) is 5.95 Å². The summed E-state index contributed by atoms with van der Waals surface area (Å²) in [5.41, 5.74) is 1.50. The quantitative estimate of drug-likeness (QED) is 0.297. The first-order valence-corrected chi connectivity index (χ1v) is 10.6. The number of nitrogens with one attached hydrogen (secondary N) is 2. The molecule has 0 atom stereocenters. The molecular formula is C19H24N8O4S. The van der Waals surface area contributed by atoms with Gasteiger partial charge in [0.25, 0.3) is 11.1 Å². The summed E-state index contributed by atoms with van der Waals surface area (Å²) in [4.78, 5) is 43.9. The fourth-order valence-electron chi connectivity index (χ4n) is 4.12. The number of aryl methyl sites for hydroxylation is 2. The second kappa shape index (κ2) is 8.22. The smallest absolute Gasteiger partial charge is 0.332 e. The number of aromatic amines is 1. The van der Waals surface area contributed by atoms with Crippen LogP contribution in [0.1, 0.15) is 43.7 Å². The molecule has 1 fully saturated rings. The molecule has 0 bridgehead atoms. The first-order chi connectivity index (χ1) is 15.2. The summed E-state index contributed by atoms with van der Waals surface area (Å²) >= 11 is 5.27. The number of aromatic hydroxyl groups is 1. The first kappa shape index (κ1) is 21.7. The van der Waals surface area contributed by atoms with Crippen LogP contribution in [0.3, 0.4) is 0 Å². The van der Waals surface area contributed by atoms with E-state index in [-0.39, 0.29) is 39.4 Å². The molecule has 12 nitrogen and oxygen atoms in total. The SMILES string of the molecule is Cn1c(=O)c2c(nc(N/N=C\c3c(O)n(C4CCCCC4)c(=S)[nH]c3=O)n2C)n(C)c1=O. The van der Waals surface area contributed by atoms with Crippen molar-refractivity contribution in [1.82, 2.24) is 28.2 Å². The lowest BCUT2D eigenvalue weighted by atomic mass is 9.95. The number of hydrogen-bond donors (Lipinski definition) is 3. The van der Waals surface area contributed by atoms with Crippen molar-refractivity contribution >= 4 is 35.5 Å². The van der Waals surface area contributed by atoms with Gasteiger partial charge >= 0.3 is 5.69 Å². The van der Waals surface area contributed by atoms with Crippen LogP contribution >= 0.6 is 12.2 Å². The standard InChI is InChI=1S/C19H24N8O4S/c1-24-12-13(25(2)19(31)26(3)16(12)30)21-17(24)23-20-9-11-14(28)22-18(32)27(15(11)29)10-7-5-4-6-8-10/h9-10,29H,4-8H2,1-3H3,(H,21,23)(H,22,28,32)/b20-9-. The third-order valence-corrected chi connectivity index (χ3v) is 6.23. The monoisotopic (exact) mass is 460 g/mol. The van der Waals surface area contributed by atoms with Crippen molar-refractivity contribution in [3.8, 4) is 5.88 Å². The Hall–Kier alpha value is -3.48. The molecule has 0 spiro atoms. The molecule has 3 aromatic heterocycles. The summed E-state index contributed by atoms with van der Waals surface area (Å²) in [6.45, 7) is 0. The summed E-state index contributed by atoms with van der Waals surface area (Å²) in [5, 5.41) is 14.8. The minimum absolute atomic E-state index is 0.0190. The van der Waals surface area contributed by atoms with Gasteiger partial charge in [0.15, 0.2) is 15.9 Å². The van der Waals surface area contributed by atoms with E-state index in [2.05, 4.69) is 20.5 Å². The minimum Gasteiger partial charge on any atom is -0.494 e. The molecule has 0 amide bonds. The molecular weight excluding hydrogens is 436 g/mol. The summed E-state index contributed by atoms with van der Waals surface area (Å²) in [5.74, 6) is -0.0528. The number of nitrogens with zero attached hydrogens (tertiary/aromatic N) is 6. The van der Waals surface area contributed by atoms with E-state index in [0.29, 0.717) is 0 Å². The second-order valence-electron chi connectivity index (χ2n) is 7.90. The lowest BCUT2D eigenvalue weighted by Gasteiger charge is -2.25. The van der Waals surface area contributed by atoms with Gasteiger partial charge in [0, 0.05) is 27.2 Å². The molecule has 0 saturated heterocycles. The number of fused-ring (bicyclic) bond motifs is 1. The molecule has 0 aromatic carbocycles. The van der Waals surface area contributed by atoms with E-state index < -0.39 is 16.8 Å². The molecule has 1 saturated carbocycles. The third kappa shape index (κ3) is 3.47. The molecule has 0 unspecified atom stereocenters. The predicted octanol–water partition coefficient (Wildman–Crippen LogP) is 0.847. The Morgan fingerprint density at radius 1 is 1.12 bits per heavy atom. The van der Waals surface area contributed by atoms with Crippen molar-refractivity contribution in [3.05, 3.63) is 41.5 Å². The highest BCUT2D eigenvalue weighted by Gasteiger charge is 2.21. The molecule has 3 aromatic rings. The Balaban J connectivity index is 1.71. The normalized spacial score (nSPS) is 15.1. The van der Waals surface area contributed by atoms with E-state index in [1.165, 1.54) is 29.4 Å². The lowest BCUT2D eigenvalue weighted by Crippen LogP contribution is -2.37. The first-order valence-electron chi connectivity index (χ1n) is 10.2. The molecule has 1 aliphatic rings. The molecule has 1 aliphatic carbocycles. The van der Waals surface area contributed by atoms with Crippen molar-refractivity contribution in [1.29, 1.82) is 0 Å². The average molecular weight is 461 g/mol. The lowest BCUT2D eigenvalue weighted by molar-refractivity contribution is 0.303. The Morgan fingerprint density at radius 2 is 1.81 bits per heavy atom. The van der Waals surface area contributed by atoms with Gasteiger partial charge in [0.05, 0.1) is 6.21 Å². The summed E-state index contributed by atoms with van der Waals surface area (Å²) in [6, 6.07) is 0.0190. The number of anilines is 1. The molecule has 4 rings (SSSR count). The Kier molecular flexibility index (Phi) is 5.59. The van der Waals surface area contributed by atoms with Crippen LogP contribution in [-0.4, -0.2) is 39.6 Å². The number of H-pyrrole nitrogens is 1. The van der Waals surface area contributed by atoms with E-state index >= 15 is 0 Å². The summed E-state index contributed by atoms with van der Waals surface area (Å²) in [7, 11) is 4.51. The largest absolute Gasteiger partial charge is 0.494 e. The van der Waals surface area contributed by atoms with Gasteiger partial charge in [-0.2, -0.15) is 10.1 Å². The van der Waals surface area contributed by atoms with Crippen molar-refractivity contribution in [3.63, 3.8) is 0 Å². The summed E-state index contributed by atoms with van der Waals surface area (Å²) in [6.07, 6.45) is 6.12. The zero-order valence-electron chi connectivity index (χ0n) is 18.0. The molecule has 0 aliphatic heterocycles. The molecule has 3 heterocycles. The predicted molar refractivity (Wildman–Crippen MR) is 122 cm³/mol. The van der Waals surface area contributed by atoms with Crippen molar-refractivity contribution in [2.75, 3.05) is 5.43 Å². The van der Waals surface area contributed by atoms with Crippen LogP contribution in [0.15, 0.2) is 19.5 Å². The van der Waals surface area contributed by atoms with Crippen LogP contribution in [-0.2, 0) is 21.1 Å². The van der Waals surface area contributed by atoms with E-state index in [9.17, 15) is 19.5 Å². The number of hydrogen-bond acceptors (Lipinski definition) is 8. The number of aromatic nitrogens is 6.